The van der Waals surface area contributed by atoms with Gasteiger partial charge in [-0.05, 0) is 29.5 Å². The van der Waals surface area contributed by atoms with Gasteiger partial charge in [0, 0.05) is 26.2 Å². The number of aryl methyl sites for hydroxylation is 1. The van der Waals surface area contributed by atoms with Crippen molar-refractivity contribution < 1.29 is 16.8 Å². The lowest BCUT2D eigenvalue weighted by Gasteiger charge is -2.33. The van der Waals surface area contributed by atoms with Gasteiger partial charge in [0.05, 0.1) is 11.2 Å². The molecule has 0 N–H and O–H groups in total. The van der Waals surface area contributed by atoms with Crippen molar-refractivity contribution in [1.29, 1.82) is 0 Å². The quantitative estimate of drug-likeness (QED) is 0.805. The first kappa shape index (κ1) is 19.4. The standard InChI is InChI=1S/C16H26N2O4S2/c1-13-6-7-14(16(2,3)4)12-15(13)24(21,22)18-10-8-17(9-11-18)23(5,19)20/h6-7,12H,8-11H2,1-5H3. The molecule has 6 nitrogen and oxygen atoms in total. The minimum absolute atomic E-state index is 0.146. The van der Waals surface area contributed by atoms with Gasteiger partial charge in [0.1, 0.15) is 0 Å². The molecule has 1 heterocycles. The van der Waals surface area contributed by atoms with Crippen LogP contribution >= 0.6 is 0 Å². The molecule has 0 aliphatic carbocycles. The Kier molecular flexibility index (Phi) is 5.17. The summed E-state index contributed by atoms with van der Waals surface area (Å²) in [6, 6.07) is 5.53. The molecular weight excluding hydrogens is 348 g/mol. The second-order valence-corrected chi connectivity index (χ2v) is 11.2. The van der Waals surface area contributed by atoms with Gasteiger partial charge in [-0.2, -0.15) is 8.61 Å². The van der Waals surface area contributed by atoms with Crippen LogP contribution in [-0.2, 0) is 25.5 Å². The molecule has 0 unspecified atom stereocenters. The second kappa shape index (κ2) is 6.40. The maximum Gasteiger partial charge on any atom is 0.243 e. The highest BCUT2D eigenvalue weighted by molar-refractivity contribution is 7.89. The average Bonchev–Trinajstić information content (AvgIpc) is 2.45. The molecule has 1 aliphatic rings. The van der Waals surface area contributed by atoms with E-state index in [1.807, 2.05) is 32.9 Å². The van der Waals surface area contributed by atoms with Crippen LogP contribution in [0.2, 0.25) is 0 Å². The first-order chi connectivity index (χ1) is 10.8. The maximum atomic E-state index is 13.0. The molecule has 1 aliphatic heterocycles. The number of benzene rings is 1. The summed E-state index contributed by atoms with van der Waals surface area (Å²) in [7, 11) is -6.91. The Balaban J connectivity index is 2.32. The zero-order valence-electron chi connectivity index (χ0n) is 14.9. The third kappa shape index (κ3) is 3.99. The predicted molar refractivity (Wildman–Crippen MR) is 95.1 cm³/mol. The van der Waals surface area contributed by atoms with Crippen molar-refractivity contribution in [2.24, 2.45) is 0 Å². The molecule has 1 aromatic carbocycles. The highest BCUT2D eigenvalue weighted by Crippen LogP contribution is 2.28. The normalized spacial score (nSPS) is 18.7. The Morgan fingerprint density at radius 2 is 1.42 bits per heavy atom. The van der Waals surface area contributed by atoms with E-state index in [1.54, 1.807) is 13.0 Å². The molecule has 1 saturated heterocycles. The first-order valence-corrected chi connectivity index (χ1v) is 11.2. The van der Waals surface area contributed by atoms with E-state index in [0.29, 0.717) is 10.5 Å². The Labute approximate surface area is 145 Å². The minimum Gasteiger partial charge on any atom is -0.213 e. The molecule has 24 heavy (non-hydrogen) atoms. The van der Waals surface area contributed by atoms with Crippen molar-refractivity contribution in [3.8, 4) is 0 Å². The fourth-order valence-electron chi connectivity index (χ4n) is 2.73. The smallest absolute Gasteiger partial charge is 0.213 e. The van der Waals surface area contributed by atoms with Crippen molar-refractivity contribution in [3.05, 3.63) is 29.3 Å². The lowest BCUT2D eigenvalue weighted by atomic mass is 9.87. The summed E-state index contributed by atoms with van der Waals surface area (Å²) < 4.78 is 51.9. The molecular formula is C16H26N2O4S2. The van der Waals surface area contributed by atoms with Crippen LogP contribution in [0, 0.1) is 6.92 Å². The van der Waals surface area contributed by atoms with Gasteiger partial charge >= 0.3 is 0 Å². The van der Waals surface area contributed by atoms with Gasteiger partial charge in [-0.3, -0.25) is 0 Å². The summed E-state index contributed by atoms with van der Waals surface area (Å²) in [5, 5.41) is 0. The molecule has 1 fully saturated rings. The van der Waals surface area contributed by atoms with Crippen LogP contribution < -0.4 is 0 Å². The molecule has 0 saturated carbocycles. The third-order valence-corrected chi connectivity index (χ3v) is 7.68. The van der Waals surface area contributed by atoms with E-state index in [-0.39, 0.29) is 31.6 Å². The van der Waals surface area contributed by atoms with Crippen LogP contribution in [-0.4, -0.2) is 57.9 Å². The highest BCUT2D eigenvalue weighted by atomic mass is 32.2. The fraction of sp³-hybridized carbons (Fsp3) is 0.625. The lowest BCUT2D eigenvalue weighted by Crippen LogP contribution is -2.50. The van der Waals surface area contributed by atoms with Gasteiger partial charge in [-0.1, -0.05) is 32.9 Å². The summed E-state index contributed by atoms with van der Waals surface area (Å²) in [5.41, 5.74) is 1.52. The van der Waals surface area contributed by atoms with Crippen molar-refractivity contribution in [3.63, 3.8) is 0 Å². The molecule has 0 bridgehead atoms. The topological polar surface area (TPSA) is 74.8 Å². The Hall–Kier alpha value is -0.960. The Morgan fingerprint density at radius 3 is 1.88 bits per heavy atom. The summed E-state index contributed by atoms with van der Waals surface area (Å²) in [6.07, 6.45) is 1.15. The number of piperazine rings is 1. The van der Waals surface area contributed by atoms with E-state index in [2.05, 4.69) is 0 Å². The average molecular weight is 375 g/mol. The number of sulfonamides is 2. The zero-order chi connectivity index (χ0) is 18.3. The predicted octanol–water partition coefficient (Wildman–Crippen LogP) is 1.56. The molecule has 0 aromatic heterocycles. The summed E-state index contributed by atoms with van der Waals surface area (Å²) >= 11 is 0. The van der Waals surface area contributed by atoms with E-state index in [0.717, 1.165) is 11.8 Å². The first-order valence-electron chi connectivity index (χ1n) is 7.90. The number of hydrogen-bond donors (Lipinski definition) is 0. The summed E-state index contributed by atoms with van der Waals surface area (Å²) in [4.78, 5) is 0.308. The van der Waals surface area contributed by atoms with Crippen LogP contribution in [0.15, 0.2) is 23.1 Å². The zero-order valence-corrected chi connectivity index (χ0v) is 16.5. The maximum absolute atomic E-state index is 13.0. The summed E-state index contributed by atoms with van der Waals surface area (Å²) in [5.74, 6) is 0. The fourth-order valence-corrected chi connectivity index (χ4v) is 5.22. The molecule has 0 spiro atoms. The second-order valence-electron chi connectivity index (χ2n) is 7.30. The third-order valence-electron chi connectivity index (χ3n) is 4.34. The van der Waals surface area contributed by atoms with Crippen LogP contribution in [0.25, 0.3) is 0 Å². The van der Waals surface area contributed by atoms with Gasteiger partial charge in [0.15, 0.2) is 0 Å². The van der Waals surface area contributed by atoms with E-state index in [4.69, 9.17) is 0 Å². The molecule has 1 aromatic rings. The van der Waals surface area contributed by atoms with Crippen molar-refractivity contribution >= 4 is 20.0 Å². The van der Waals surface area contributed by atoms with Crippen molar-refractivity contribution in [2.45, 2.75) is 38.0 Å². The van der Waals surface area contributed by atoms with Crippen LogP contribution in [0.1, 0.15) is 31.9 Å². The van der Waals surface area contributed by atoms with Crippen molar-refractivity contribution in [2.75, 3.05) is 32.4 Å². The van der Waals surface area contributed by atoms with Gasteiger partial charge in [0.25, 0.3) is 0 Å². The monoisotopic (exact) mass is 374 g/mol. The van der Waals surface area contributed by atoms with Crippen LogP contribution in [0.5, 0.6) is 0 Å². The van der Waals surface area contributed by atoms with Gasteiger partial charge < -0.3 is 0 Å². The minimum atomic E-state index is -3.63. The van der Waals surface area contributed by atoms with Gasteiger partial charge in [0.2, 0.25) is 20.0 Å². The molecule has 0 amide bonds. The van der Waals surface area contributed by atoms with E-state index >= 15 is 0 Å². The number of hydrogen-bond acceptors (Lipinski definition) is 4. The van der Waals surface area contributed by atoms with Gasteiger partial charge in [-0.25, -0.2) is 16.8 Å². The number of rotatable bonds is 3. The highest BCUT2D eigenvalue weighted by Gasteiger charge is 2.32. The molecule has 136 valence electrons. The van der Waals surface area contributed by atoms with E-state index < -0.39 is 20.0 Å². The van der Waals surface area contributed by atoms with Crippen molar-refractivity contribution in [1.82, 2.24) is 8.61 Å². The van der Waals surface area contributed by atoms with Crippen LogP contribution in [0.4, 0.5) is 0 Å². The molecule has 2 rings (SSSR count). The van der Waals surface area contributed by atoms with Gasteiger partial charge in [-0.15, -0.1) is 0 Å². The van der Waals surface area contributed by atoms with E-state index in [9.17, 15) is 16.8 Å². The molecule has 8 heteroatoms. The Bertz CT molecular complexity index is 816. The summed E-state index contributed by atoms with van der Waals surface area (Å²) in [6.45, 7) is 8.64. The SMILES string of the molecule is Cc1ccc(C(C)(C)C)cc1S(=O)(=O)N1CCN(S(C)(=O)=O)CC1. The lowest BCUT2D eigenvalue weighted by molar-refractivity contribution is 0.274. The number of nitrogens with zero attached hydrogens (tertiary/aromatic N) is 2. The van der Waals surface area contributed by atoms with E-state index in [1.165, 1.54) is 8.61 Å². The van der Waals surface area contributed by atoms with Crippen LogP contribution in [0.3, 0.4) is 0 Å². The largest absolute Gasteiger partial charge is 0.243 e. The molecule has 0 atom stereocenters. The Morgan fingerprint density at radius 1 is 0.917 bits per heavy atom. The molecule has 0 radical (unpaired) electrons.